The average Bonchev–Trinajstić information content (AvgIpc) is 2.96. The Labute approximate surface area is 196 Å². The number of nitrogens with one attached hydrogen (secondary N) is 2. The van der Waals surface area contributed by atoms with Crippen LogP contribution < -0.4 is 15.4 Å². The number of carbonyl (C=O) groups excluding carboxylic acids is 4. The van der Waals surface area contributed by atoms with Gasteiger partial charge in [0.2, 0.25) is 5.91 Å². The lowest BCUT2D eigenvalue weighted by atomic mass is 9.92. The van der Waals surface area contributed by atoms with Crippen LogP contribution in [0.1, 0.15) is 29.8 Å². The summed E-state index contributed by atoms with van der Waals surface area (Å²) in [6, 6.07) is 8.30. The number of hydrogen-bond donors (Lipinski definition) is 2. The van der Waals surface area contributed by atoms with Crippen LogP contribution in [0.25, 0.3) is 0 Å². The zero-order valence-corrected chi connectivity index (χ0v) is 19.1. The molecule has 0 aliphatic carbocycles. The first-order chi connectivity index (χ1) is 15.8. The summed E-state index contributed by atoms with van der Waals surface area (Å²) < 4.78 is 41.0. The van der Waals surface area contributed by atoms with Crippen LogP contribution in [0.4, 0.5) is 23.7 Å². The van der Waals surface area contributed by atoms with Gasteiger partial charge in [-0.15, -0.1) is 24.9 Å². The largest absolute Gasteiger partial charge is 0.573 e. The molecule has 34 heavy (non-hydrogen) atoms. The molecule has 2 aromatic carbocycles. The zero-order chi connectivity index (χ0) is 25.3. The van der Waals surface area contributed by atoms with Crippen molar-refractivity contribution < 1.29 is 37.1 Å². The first kappa shape index (κ1) is 25.1. The highest BCUT2D eigenvalue weighted by atomic mass is 32.2. The lowest BCUT2D eigenvalue weighted by Crippen LogP contribution is -2.41. The number of ether oxygens (including phenoxy) is 1. The van der Waals surface area contributed by atoms with Gasteiger partial charge in [-0.3, -0.25) is 19.3 Å². The molecule has 1 aliphatic heterocycles. The molecule has 1 atom stereocenters. The fourth-order valence-electron chi connectivity index (χ4n) is 3.42. The third kappa shape index (κ3) is 5.33. The highest BCUT2D eigenvalue weighted by Gasteiger charge is 2.49. The Kier molecular flexibility index (Phi) is 6.92. The van der Waals surface area contributed by atoms with Gasteiger partial charge in [-0.2, -0.15) is 0 Å². The van der Waals surface area contributed by atoms with Crippen LogP contribution in [0.3, 0.4) is 0 Å². The average molecular weight is 495 g/mol. The minimum absolute atomic E-state index is 0.222. The number of ketones is 1. The number of urea groups is 1. The van der Waals surface area contributed by atoms with Gasteiger partial charge in [-0.05, 0) is 49.1 Å². The second-order valence-electron chi connectivity index (χ2n) is 7.54. The standard InChI is InChI=1S/C22H20F3N3O5S/c1-12(29)26-16-9-4-13(10-18(16)34-3)17(30)11-28-19(31)21(2,27-20(28)32)14-5-7-15(8-6-14)33-22(23,24)25/h4-10H,11H2,1-3H3,(H,26,29)(H,27,32). The number of rotatable bonds is 7. The highest BCUT2D eigenvalue weighted by molar-refractivity contribution is 7.98. The van der Waals surface area contributed by atoms with E-state index in [0.29, 0.717) is 10.6 Å². The van der Waals surface area contributed by atoms with Crippen molar-refractivity contribution in [2.45, 2.75) is 30.6 Å². The maximum atomic E-state index is 13.0. The number of alkyl halides is 3. The molecule has 12 heteroatoms. The maximum absolute atomic E-state index is 13.0. The molecule has 1 saturated heterocycles. The summed E-state index contributed by atoms with van der Waals surface area (Å²) in [6.07, 6.45) is -3.10. The van der Waals surface area contributed by atoms with Gasteiger partial charge in [0.05, 0.1) is 12.2 Å². The molecule has 1 fully saturated rings. The minimum atomic E-state index is -4.86. The van der Waals surface area contributed by atoms with Crippen molar-refractivity contribution in [1.82, 2.24) is 10.2 Å². The zero-order valence-electron chi connectivity index (χ0n) is 18.3. The molecule has 1 aliphatic rings. The van der Waals surface area contributed by atoms with Crippen molar-refractivity contribution >= 4 is 41.1 Å². The van der Waals surface area contributed by atoms with Gasteiger partial charge in [0.25, 0.3) is 5.91 Å². The number of carbonyl (C=O) groups is 4. The van der Waals surface area contributed by atoms with Gasteiger partial charge < -0.3 is 15.4 Å². The van der Waals surface area contributed by atoms with E-state index in [-0.39, 0.29) is 17.0 Å². The van der Waals surface area contributed by atoms with Crippen LogP contribution in [0.15, 0.2) is 47.4 Å². The third-order valence-corrected chi connectivity index (χ3v) is 5.85. The van der Waals surface area contributed by atoms with Crippen LogP contribution in [0.5, 0.6) is 5.75 Å². The van der Waals surface area contributed by atoms with Crippen molar-refractivity contribution in [3.05, 3.63) is 53.6 Å². The number of imide groups is 1. The fourth-order valence-corrected chi connectivity index (χ4v) is 4.00. The molecule has 3 rings (SSSR count). The van der Waals surface area contributed by atoms with E-state index < -0.39 is 41.9 Å². The smallest absolute Gasteiger partial charge is 0.406 e. The second kappa shape index (κ2) is 9.37. The summed E-state index contributed by atoms with van der Waals surface area (Å²) in [5.74, 6) is -1.98. The number of halogens is 3. The van der Waals surface area contributed by atoms with Crippen molar-refractivity contribution in [1.29, 1.82) is 0 Å². The van der Waals surface area contributed by atoms with Gasteiger partial charge in [-0.1, -0.05) is 12.1 Å². The Morgan fingerprint density at radius 3 is 2.35 bits per heavy atom. The van der Waals surface area contributed by atoms with Crippen molar-refractivity contribution in [2.24, 2.45) is 0 Å². The number of hydrogen-bond acceptors (Lipinski definition) is 6. The molecule has 180 valence electrons. The van der Waals surface area contributed by atoms with E-state index in [0.717, 1.165) is 17.0 Å². The molecule has 1 unspecified atom stereocenters. The van der Waals surface area contributed by atoms with Crippen LogP contribution >= 0.6 is 11.8 Å². The monoisotopic (exact) mass is 495 g/mol. The van der Waals surface area contributed by atoms with Gasteiger partial charge in [0.1, 0.15) is 11.3 Å². The van der Waals surface area contributed by atoms with Crippen LogP contribution in [-0.2, 0) is 15.1 Å². The van der Waals surface area contributed by atoms with Gasteiger partial charge in [0, 0.05) is 17.4 Å². The third-order valence-electron chi connectivity index (χ3n) is 5.08. The van der Waals surface area contributed by atoms with E-state index in [2.05, 4.69) is 15.4 Å². The Hall–Kier alpha value is -3.54. The van der Waals surface area contributed by atoms with E-state index in [9.17, 15) is 32.3 Å². The van der Waals surface area contributed by atoms with Crippen molar-refractivity contribution in [2.75, 3.05) is 18.1 Å². The molecule has 2 N–H and O–H groups in total. The lowest BCUT2D eigenvalue weighted by Gasteiger charge is -2.22. The minimum Gasteiger partial charge on any atom is -0.406 e. The van der Waals surface area contributed by atoms with Gasteiger partial charge in [-0.25, -0.2) is 4.79 Å². The first-order valence-corrected chi connectivity index (χ1v) is 11.1. The van der Waals surface area contributed by atoms with Crippen molar-refractivity contribution in [3.8, 4) is 5.75 Å². The number of benzene rings is 2. The number of nitrogens with zero attached hydrogens (tertiary/aromatic N) is 1. The Bertz CT molecular complexity index is 1150. The van der Waals surface area contributed by atoms with E-state index >= 15 is 0 Å². The van der Waals surface area contributed by atoms with Crippen molar-refractivity contribution in [3.63, 3.8) is 0 Å². The molecule has 2 aromatic rings. The normalized spacial score (nSPS) is 18.0. The first-order valence-electron chi connectivity index (χ1n) is 9.83. The number of anilines is 1. The molecular weight excluding hydrogens is 475 g/mol. The molecule has 0 bridgehead atoms. The number of amides is 4. The quantitative estimate of drug-likeness (QED) is 0.343. The van der Waals surface area contributed by atoms with E-state index in [1.165, 1.54) is 43.8 Å². The summed E-state index contributed by atoms with van der Waals surface area (Å²) in [6.45, 7) is 2.21. The van der Waals surface area contributed by atoms with Crippen LogP contribution in [-0.4, -0.2) is 47.7 Å². The maximum Gasteiger partial charge on any atom is 0.573 e. The molecule has 0 saturated carbocycles. The molecule has 0 spiro atoms. The molecule has 0 aromatic heterocycles. The van der Waals surface area contributed by atoms with Gasteiger partial charge >= 0.3 is 12.4 Å². The predicted octanol–water partition coefficient (Wildman–Crippen LogP) is 3.92. The SMILES string of the molecule is CSc1cc(C(=O)CN2C(=O)NC(C)(c3ccc(OC(F)(F)F)cc3)C2=O)ccc1NC(C)=O. The summed E-state index contributed by atoms with van der Waals surface area (Å²) in [5.41, 5.74) is -0.591. The Morgan fingerprint density at radius 2 is 1.79 bits per heavy atom. The van der Waals surface area contributed by atoms with E-state index in [1.807, 2.05) is 0 Å². The molecule has 8 nitrogen and oxygen atoms in total. The van der Waals surface area contributed by atoms with E-state index in [4.69, 9.17) is 0 Å². The predicted molar refractivity (Wildman–Crippen MR) is 118 cm³/mol. The summed E-state index contributed by atoms with van der Waals surface area (Å²) in [7, 11) is 0. The Balaban J connectivity index is 1.78. The number of thioether (sulfide) groups is 1. The fraction of sp³-hybridized carbons (Fsp3) is 0.273. The summed E-state index contributed by atoms with van der Waals surface area (Å²) >= 11 is 1.31. The van der Waals surface area contributed by atoms with E-state index in [1.54, 1.807) is 18.4 Å². The molecule has 0 radical (unpaired) electrons. The highest BCUT2D eigenvalue weighted by Crippen LogP contribution is 2.32. The molecular formula is C22H20F3N3O5S. The van der Waals surface area contributed by atoms with Crippen LogP contribution in [0.2, 0.25) is 0 Å². The second-order valence-corrected chi connectivity index (χ2v) is 8.39. The topological polar surface area (TPSA) is 105 Å². The number of Topliss-reactive ketones (excluding diaryl/α,β-unsaturated/α-hetero) is 1. The summed E-state index contributed by atoms with van der Waals surface area (Å²) in [4.78, 5) is 51.1. The lowest BCUT2D eigenvalue weighted by molar-refractivity contribution is -0.274. The van der Waals surface area contributed by atoms with Crippen LogP contribution in [0, 0.1) is 0 Å². The molecule has 1 heterocycles. The van der Waals surface area contributed by atoms with Gasteiger partial charge in [0.15, 0.2) is 5.78 Å². The molecule has 4 amide bonds. The Morgan fingerprint density at radius 1 is 1.15 bits per heavy atom. The summed E-state index contributed by atoms with van der Waals surface area (Å²) in [5, 5.41) is 5.15.